The van der Waals surface area contributed by atoms with Gasteiger partial charge in [-0.1, -0.05) is 11.6 Å². The van der Waals surface area contributed by atoms with E-state index in [1.807, 2.05) is 18.2 Å². The van der Waals surface area contributed by atoms with E-state index in [-0.39, 0.29) is 5.56 Å². The summed E-state index contributed by atoms with van der Waals surface area (Å²) >= 11 is 6.15. The van der Waals surface area contributed by atoms with E-state index < -0.39 is 0 Å². The summed E-state index contributed by atoms with van der Waals surface area (Å²) in [6.07, 6.45) is 5.84. The Morgan fingerprint density at radius 1 is 1.37 bits per heavy atom. The van der Waals surface area contributed by atoms with E-state index >= 15 is 0 Å². The van der Waals surface area contributed by atoms with Gasteiger partial charge < -0.3 is 9.72 Å². The highest BCUT2D eigenvalue weighted by atomic mass is 35.5. The van der Waals surface area contributed by atoms with Crippen molar-refractivity contribution in [1.29, 1.82) is 0 Å². The maximum Gasteiger partial charge on any atom is 0.255 e. The summed E-state index contributed by atoms with van der Waals surface area (Å²) in [6.45, 7) is 1.99. The zero-order chi connectivity index (χ0) is 18.8. The summed E-state index contributed by atoms with van der Waals surface area (Å²) in [7, 11) is 1.54. The average Bonchev–Trinajstić information content (AvgIpc) is 2.69. The first-order chi connectivity index (χ1) is 13.1. The van der Waals surface area contributed by atoms with Crippen molar-refractivity contribution in [1.82, 2.24) is 24.8 Å². The number of fused-ring (bicyclic) bond motifs is 1. The standard InChI is InChI=1S/C19H18ClN5O2/c1-27-19-15(20)7-12(8-22-19)10-25-6-4-16-14(11-25)18(26)24-17(23-16)13-3-2-5-21-9-13/h2-3,5,7-9H,4,6,10-11H2,1H3,(H,23,24,26). The Kier molecular flexibility index (Phi) is 4.87. The van der Waals surface area contributed by atoms with E-state index in [1.54, 1.807) is 18.6 Å². The number of methoxy groups -OCH3 is 1. The molecule has 8 heteroatoms. The lowest BCUT2D eigenvalue weighted by molar-refractivity contribution is 0.241. The Balaban J connectivity index is 1.55. The minimum absolute atomic E-state index is 0.102. The number of H-pyrrole nitrogens is 1. The predicted octanol–water partition coefficient (Wildman–Crippen LogP) is 2.45. The molecule has 0 atom stereocenters. The number of aromatic nitrogens is 4. The molecule has 0 saturated heterocycles. The van der Waals surface area contributed by atoms with Crippen LogP contribution in [0.5, 0.6) is 5.88 Å². The third-order valence-corrected chi connectivity index (χ3v) is 4.82. The van der Waals surface area contributed by atoms with Gasteiger partial charge >= 0.3 is 0 Å². The number of hydrogen-bond donors (Lipinski definition) is 1. The second kappa shape index (κ2) is 7.46. The fourth-order valence-electron chi connectivity index (χ4n) is 3.22. The second-order valence-electron chi connectivity index (χ2n) is 6.38. The molecule has 1 aliphatic heterocycles. The molecule has 0 fully saturated rings. The van der Waals surface area contributed by atoms with Crippen LogP contribution in [0.25, 0.3) is 11.4 Å². The molecule has 0 aliphatic carbocycles. The van der Waals surface area contributed by atoms with Gasteiger partial charge in [0.2, 0.25) is 5.88 Å². The van der Waals surface area contributed by atoms with Crippen LogP contribution in [0.1, 0.15) is 16.8 Å². The van der Waals surface area contributed by atoms with Gasteiger partial charge in [0.25, 0.3) is 5.56 Å². The number of aromatic amines is 1. The zero-order valence-corrected chi connectivity index (χ0v) is 15.5. The molecule has 4 heterocycles. The summed E-state index contributed by atoms with van der Waals surface area (Å²) in [5, 5.41) is 0.480. The van der Waals surface area contributed by atoms with Crippen molar-refractivity contribution in [3.8, 4) is 17.3 Å². The summed E-state index contributed by atoms with van der Waals surface area (Å²) in [4.78, 5) is 30.6. The largest absolute Gasteiger partial charge is 0.480 e. The van der Waals surface area contributed by atoms with Crippen molar-refractivity contribution in [3.05, 3.63) is 69.0 Å². The van der Waals surface area contributed by atoms with E-state index in [4.69, 9.17) is 16.3 Å². The highest BCUT2D eigenvalue weighted by Gasteiger charge is 2.22. The zero-order valence-electron chi connectivity index (χ0n) is 14.8. The topological polar surface area (TPSA) is 84.0 Å². The molecule has 0 bridgehead atoms. The highest BCUT2D eigenvalue weighted by Crippen LogP contribution is 2.24. The van der Waals surface area contributed by atoms with Crippen molar-refractivity contribution in [3.63, 3.8) is 0 Å². The molecule has 7 nitrogen and oxygen atoms in total. The minimum Gasteiger partial charge on any atom is -0.480 e. The SMILES string of the molecule is COc1ncc(CN2CCc3nc(-c4cccnc4)[nH]c(=O)c3C2)cc1Cl. The molecule has 1 aliphatic rings. The third-order valence-electron chi connectivity index (χ3n) is 4.55. The Hall–Kier alpha value is -2.77. The Morgan fingerprint density at radius 3 is 3.00 bits per heavy atom. The van der Waals surface area contributed by atoms with Gasteiger partial charge in [-0.15, -0.1) is 0 Å². The average molecular weight is 384 g/mol. The summed E-state index contributed by atoms with van der Waals surface area (Å²) < 4.78 is 5.08. The fraction of sp³-hybridized carbons (Fsp3) is 0.263. The summed E-state index contributed by atoms with van der Waals surface area (Å²) in [5.74, 6) is 0.972. The van der Waals surface area contributed by atoms with E-state index in [1.165, 1.54) is 7.11 Å². The Labute approximate surface area is 161 Å². The third kappa shape index (κ3) is 3.70. The molecule has 27 heavy (non-hydrogen) atoms. The van der Waals surface area contributed by atoms with Crippen LogP contribution in [0.3, 0.4) is 0 Å². The fourth-order valence-corrected chi connectivity index (χ4v) is 3.48. The summed E-state index contributed by atoms with van der Waals surface area (Å²) in [6, 6.07) is 5.55. The molecule has 0 radical (unpaired) electrons. The van der Waals surface area contributed by atoms with Crippen LogP contribution in [0.2, 0.25) is 5.02 Å². The van der Waals surface area contributed by atoms with Crippen LogP contribution >= 0.6 is 11.6 Å². The molecule has 4 rings (SSSR count). The van der Waals surface area contributed by atoms with Crippen LogP contribution in [-0.2, 0) is 19.5 Å². The number of nitrogens with one attached hydrogen (secondary N) is 1. The first-order valence-corrected chi connectivity index (χ1v) is 8.95. The first-order valence-electron chi connectivity index (χ1n) is 8.57. The van der Waals surface area contributed by atoms with Gasteiger partial charge in [0.15, 0.2) is 0 Å². The lowest BCUT2D eigenvalue weighted by atomic mass is 10.1. The van der Waals surface area contributed by atoms with Crippen LogP contribution in [0.4, 0.5) is 0 Å². The van der Waals surface area contributed by atoms with Crippen LogP contribution in [0, 0.1) is 0 Å². The van der Waals surface area contributed by atoms with Crippen molar-refractivity contribution in [2.45, 2.75) is 19.5 Å². The lowest BCUT2D eigenvalue weighted by Gasteiger charge is -2.27. The molecular weight excluding hydrogens is 366 g/mol. The molecule has 3 aromatic heterocycles. The van der Waals surface area contributed by atoms with Crippen LogP contribution < -0.4 is 10.3 Å². The number of pyridine rings is 2. The number of nitrogens with zero attached hydrogens (tertiary/aromatic N) is 4. The smallest absolute Gasteiger partial charge is 0.255 e. The van der Waals surface area contributed by atoms with Crippen molar-refractivity contribution < 1.29 is 4.74 Å². The molecule has 0 unspecified atom stereocenters. The normalized spacial score (nSPS) is 14.0. The molecule has 0 amide bonds. The summed E-state index contributed by atoms with van der Waals surface area (Å²) in [5.41, 5.74) is 3.23. The maximum atomic E-state index is 12.6. The molecular formula is C19H18ClN5O2. The van der Waals surface area contributed by atoms with E-state index in [0.29, 0.717) is 41.8 Å². The maximum absolute atomic E-state index is 12.6. The molecule has 1 N–H and O–H groups in total. The molecule has 0 saturated carbocycles. The monoisotopic (exact) mass is 383 g/mol. The van der Waals surface area contributed by atoms with E-state index in [9.17, 15) is 4.79 Å². The molecule has 0 spiro atoms. The van der Waals surface area contributed by atoms with Gasteiger partial charge in [-0.3, -0.25) is 14.7 Å². The van der Waals surface area contributed by atoms with Gasteiger partial charge in [-0.05, 0) is 23.8 Å². The van der Waals surface area contributed by atoms with Gasteiger partial charge in [0.1, 0.15) is 10.8 Å². The number of ether oxygens (including phenoxy) is 1. The lowest BCUT2D eigenvalue weighted by Crippen LogP contribution is -2.35. The number of halogens is 1. The second-order valence-corrected chi connectivity index (χ2v) is 6.78. The van der Waals surface area contributed by atoms with Gasteiger partial charge in [-0.25, -0.2) is 9.97 Å². The van der Waals surface area contributed by atoms with Gasteiger partial charge in [0, 0.05) is 50.2 Å². The van der Waals surface area contributed by atoms with Crippen LogP contribution in [0.15, 0.2) is 41.6 Å². The predicted molar refractivity (Wildman–Crippen MR) is 102 cm³/mol. The number of hydrogen-bond acceptors (Lipinski definition) is 6. The van der Waals surface area contributed by atoms with Crippen molar-refractivity contribution in [2.24, 2.45) is 0 Å². The van der Waals surface area contributed by atoms with E-state index in [0.717, 1.165) is 23.4 Å². The highest BCUT2D eigenvalue weighted by molar-refractivity contribution is 6.31. The number of rotatable bonds is 4. The van der Waals surface area contributed by atoms with Gasteiger partial charge in [0.05, 0.1) is 18.4 Å². The minimum atomic E-state index is -0.102. The van der Waals surface area contributed by atoms with Crippen molar-refractivity contribution in [2.75, 3.05) is 13.7 Å². The molecule has 0 aromatic carbocycles. The van der Waals surface area contributed by atoms with Crippen molar-refractivity contribution >= 4 is 11.6 Å². The van der Waals surface area contributed by atoms with Gasteiger partial charge in [-0.2, -0.15) is 0 Å². The Bertz CT molecular complexity index is 1020. The Morgan fingerprint density at radius 2 is 2.26 bits per heavy atom. The quantitative estimate of drug-likeness (QED) is 0.745. The first kappa shape index (κ1) is 17.6. The van der Waals surface area contributed by atoms with Crippen LogP contribution in [-0.4, -0.2) is 38.5 Å². The molecule has 3 aromatic rings. The van der Waals surface area contributed by atoms with E-state index in [2.05, 4.69) is 24.8 Å². The molecule has 138 valence electrons.